The predicted molar refractivity (Wildman–Crippen MR) is 111 cm³/mol. The molecule has 7 heteroatoms. The van der Waals surface area contributed by atoms with Crippen LogP contribution in [0.4, 0.5) is 11.6 Å². The molecule has 3 aliphatic rings. The topological polar surface area (TPSA) is 78.8 Å². The van der Waals surface area contributed by atoms with Gasteiger partial charge in [0.15, 0.2) is 11.6 Å². The van der Waals surface area contributed by atoms with Crippen LogP contribution in [0.5, 0.6) is 0 Å². The maximum absolute atomic E-state index is 12.2. The highest BCUT2D eigenvalue weighted by molar-refractivity contribution is 5.83. The molecule has 29 heavy (non-hydrogen) atoms. The molecule has 3 heterocycles. The number of ether oxygens (including phenoxy) is 1. The first-order chi connectivity index (χ1) is 14.0. The summed E-state index contributed by atoms with van der Waals surface area (Å²) in [6.07, 6.45) is 2.96. The van der Waals surface area contributed by atoms with Crippen molar-refractivity contribution in [2.75, 3.05) is 36.0 Å². The fraction of sp³-hybridized carbons (Fsp3) is 0.591. The first-order valence-corrected chi connectivity index (χ1v) is 10.6. The van der Waals surface area contributed by atoms with Gasteiger partial charge in [0.05, 0.1) is 28.7 Å². The Kier molecular flexibility index (Phi) is 4.38. The van der Waals surface area contributed by atoms with Gasteiger partial charge in [-0.25, -0.2) is 9.97 Å². The van der Waals surface area contributed by atoms with Gasteiger partial charge in [0.1, 0.15) is 0 Å². The number of benzene rings is 1. The van der Waals surface area contributed by atoms with E-state index in [2.05, 4.69) is 23.6 Å². The summed E-state index contributed by atoms with van der Waals surface area (Å²) in [5.41, 5.74) is 1.07. The number of rotatable bonds is 3. The molecule has 4 atom stereocenters. The molecule has 2 saturated heterocycles. The fourth-order valence-corrected chi connectivity index (χ4v) is 5.56. The van der Waals surface area contributed by atoms with Gasteiger partial charge in [0.25, 0.3) is 0 Å². The average Bonchev–Trinajstić information content (AvgIpc) is 3.25. The lowest BCUT2D eigenvalue weighted by molar-refractivity contribution is -0.149. The molecule has 3 fully saturated rings. The van der Waals surface area contributed by atoms with Crippen LogP contribution in [0.1, 0.15) is 33.1 Å². The lowest BCUT2D eigenvalue weighted by atomic mass is 9.81. The zero-order valence-electron chi connectivity index (χ0n) is 17.0. The summed E-state index contributed by atoms with van der Waals surface area (Å²) < 4.78 is 5.92. The normalized spacial score (nSPS) is 32.0. The number of hydrogen-bond donors (Lipinski definition) is 1. The first-order valence-electron chi connectivity index (χ1n) is 10.6. The third-order valence-corrected chi connectivity index (χ3v) is 6.85. The molecule has 154 valence electrons. The van der Waals surface area contributed by atoms with Gasteiger partial charge in [-0.05, 0) is 44.7 Å². The maximum Gasteiger partial charge on any atom is 0.311 e. The van der Waals surface area contributed by atoms with Gasteiger partial charge in [0.2, 0.25) is 0 Å². The molecule has 5 rings (SSSR count). The number of carbonyl (C=O) groups is 1. The number of anilines is 2. The third kappa shape index (κ3) is 3.03. The Labute approximate surface area is 170 Å². The van der Waals surface area contributed by atoms with E-state index in [9.17, 15) is 9.90 Å². The van der Waals surface area contributed by atoms with E-state index in [1.165, 1.54) is 0 Å². The van der Waals surface area contributed by atoms with Gasteiger partial charge in [0, 0.05) is 26.2 Å². The van der Waals surface area contributed by atoms with Gasteiger partial charge >= 0.3 is 5.97 Å². The van der Waals surface area contributed by atoms with Crippen LogP contribution in [-0.2, 0) is 9.53 Å². The lowest BCUT2D eigenvalue weighted by Gasteiger charge is -2.37. The van der Waals surface area contributed by atoms with Crippen molar-refractivity contribution in [1.82, 2.24) is 9.97 Å². The summed E-state index contributed by atoms with van der Waals surface area (Å²) in [7, 11) is 0. The van der Waals surface area contributed by atoms with Crippen molar-refractivity contribution >= 4 is 28.6 Å². The van der Waals surface area contributed by atoms with E-state index in [4.69, 9.17) is 14.7 Å². The summed E-state index contributed by atoms with van der Waals surface area (Å²) in [5.74, 6) is 1.20. The molecule has 1 saturated carbocycles. The van der Waals surface area contributed by atoms with Crippen molar-refractivity contribution in [3.05, 3.63) is 24.3 Å². The summed E-state index contributed by atoms with van der Waals surface area (Å²) in [4.78, 5) is 26.6. The molecule has 0 radical (unpaired) electrons. The van der Waals surface area contributed by atoms with Crippen molar-refractivity contribution in [2.24, 2.45) is 11.3 Å². The van der Waals surface area contributed by atoms with Crippen LogP contribution < -0.4 is 9.80 Å². The number of carboxylic acids is 1. The van der Waals surface area contributed by atoms with Crippen molar-refractivity contribution in [2.45, 2.75) is 45.3 Å². The van der Waals surface area contributed by atoms with Gasteiger partial charge in [-0.2, -0.15) is 0 Å². The van der Waals surface area contributed by atoms with E-state index in [0.717, 1.165) is 61.6 Å². The number of fused-ring (bicyclic) bond motifs is 2. The number of nitrogens with zero attached hydrogens (tertiary/aromatic N) is 4. The molecule has 2 unspecified atom stereocenters. The number of aromatic nitrogens is 2. The van der Waals surface area contributed by atoms with Crippen molar-refractivity contribution in [1.29, 1.82) is 0 Å². The van der Waals surface area contributed by atoms with Crippen LogP contribution >= 0.6 is 0 Å². The molecule has 1 N–H and O–H groups in total. The van der Waals surface area contributed by atoms with Crippen LogP contribution in [0, 0.1) is 11.3 Å². The molecule has 7 nitrogen and oxygen atoms in total. The Bertz CT molecular complexity index is 941. The van der Waals surface area contributed by atoms with Crippen LogP contribution in [0.2, 0.25) is 0 Å². The Hall–Kier alpha value is -2.41. The molecule has 2 aliphatic heterocycles. The van der Waals surface area contributed by atoms with Crippen LogP contribution in [0.25, 0.3) is 11.0 Å². The fourth-order valence-electron chi connectivity index (χ4n) is 5.56. The molecule has 0 bridgehead atoms. The molecular formula is C22H28N4O3. The van der Waals surface area contributed by atoms with E-state index in [1.54, 1.807) is 0 Å². The number of aliphatic carboxylic acids is 1. The minimum atomic E-state index is -0.661. The van der Waals surface area contributed by atoms with Crippen molar-refractivity contribution < 1.29 is 14.6 Å². The zero-order chi connectivity index (χ0) is 20.2. The van der Waals surface area contributed by atoms with Gasteiger partial charge < -0.3 is 19.6 Å². The van der Waals surface area contributed by atoms with Crippen LogP contribution in [-0.4, -0.2) is 59.4 Å². The minimum Gasteiger partial charge on any atom is -0.481 e. The largest absolute Gasteiger partial charge is 0.481 e. The van der Waals surface area contributed by atoms with E-state index in [1.807, 2.05) is 24.3 Å². The zero-order valence-corrected chi connectivity index (χ0v) is 17.0. The standard InChI is InChI=1S/C22H28N4O3/c1-14-10-25(11-15(2)29-14)19-20(24-18-8-4-3-7-17(18)23-19)26-12-16-6-5-9-22(16,13-26)21(27)28/h3-4,7-8,14-16H,5-6,9-13H2,1-2H3,(H,27,28)/t14?,15?,16-,22+/m0/s1. The minimum absolute atomic E-state index is 0.114. The summed E-state index contributed by atoms with van der Waals surface area (Å²) in [5, 5.41) is 10.0. The van der Waals surface area contributed by atoms with Crippen molar-refractivity contribution in [3.63, 3.8) is 0 Å². The average molecular weight is 396 g/mol. The van der Waals surface area contributed by atoms with Crippen LogP contribution in [0.3, 0.4) is 0 Å². The summed E-state index contributed by atoms with van der Waals surface area (Å²) in [6, 6.07) is 7.91. The first kappa shape index (κ1) is 18.6. The summed E-state index contributed by atoms with van der Waals surface area (Å²) >= 11 is 0. The smallest absolute Gasteiger partial charge is 0.311 e. The number of morpholine rings is 1. The van der Waals surface area contributed by atoms with Crippen LogP contribution in [0.15, 0.2) is 24.3 Å². The number of hydrogen-bond acceptors (Lipinski definition) is 6. The number of para-hydroxylation sites is 2. The Morgan fingerprint density at radius 1 is 1.07 bits per heavy atom. The maximum atomic E-state index is 12.2. The molecule has 0 spiro atoms. The van der Waals surface area contributed by atoms with Crippen molar-refractivity contribution in [3.8, 4) is 0 Å². The molecule has 0 amide bonds. The lowest BCUT2D eigenvalue weighted by Crippen LogP contribution is -2.46. The monoisotopic (exact) mass is 396 g/mol. The molecular weight excluding hydrogens is 368 g/mol. The molecule has 1 aromatic heterocycles. The van der Waals surface area contributed by atoms with Gasteiger partial charge in [-0.3, -0.25) is 4.79 Å². The summed E-state index contributed by atoms with van der Waals surface area (Å²) in [6.45, 7) is 6.93. The molecule has 1 aromatic carbocycles. The Morgan fingerprint density at radius 2 is 1.69 bits per heavy atom. The van der Waals surface area contributed by atoms with Gasteiger partial charge in [-0.15, -0.1) is 0 Å². The Balaban J connectivity index is 1.58. The molecule has 1 aliphatic carbocycles. The van der Waals surface area contributed by atoms with E-state index < -0.39 is 11.4 Å². The highest BCUT2D eigenvalue weighted by Crippen LogP contribution is 2.50. The number of carboxylic acid groups (broad SMARTS) is 1. The second kappa shape index (κ2) is 6.83. The third-order valence-electron chi connectivity index (χ3n) is 6.85. The highest BCUT2D eigenvalue weighted by atomic mass is 16.5. The second-order valence-electron chi connectivity index (χ2n) is 8.95. The molecule has 2 aromatic rings. The SMILES string of the molecule is CC1CN(c2nc3ccccc3nc2N2C[C@@H]3CCC[C@@]3(C(=O)O)C2)CC(C)O1. The van der Waals surface area contributed by atoms with E-state index >= 15 is 0 Å². The Morgan fingerprint density at radius 3 is 2.28 bits per heavy atom. The van der Waals surface area contributed by atoms with E-state index in [0.29, 0.717) is 6.54 Å². The quantitative estimate of drug-likeness (QED) is 0.854. The van der Waals surface area contributed by atoms with E-state index in [-0.39, 0.29) is 18.1 Å². The predicted octanol–water partition coefficient (Wildman–Crippen LogP) is 2.93. The van der Waals surface area contributed by atoms with Gasteiger partial charge in [-0.1, -0.05) is 18.6 Å². The second-order valence-corrected chi connectivity index (χ2v) is 8.95. The highest BCUT2D eigenvalue weighted by Gasteiger charge is 2.55.